The zero-order valence-electron chi connectivity index (χ0n) is 11.6. The number of hydrogen-bond donors (Lipinski definition) is 1. The largest absolute Gasteiger partial charge is 0.495 e. The first-order valence-corrected chi connectivity index (χ1v) is 7.71. The van der Waals surface area contributed by atoms with Crippen LogP contribution in [-0.4, -0.2) is 7.11 Å². The Labute approximate surface area is 120 Å². The van der Waals surface area contributed by atoms with Gasteiger partial charge in [0.2, 0.25) is 0 Å². The number of benzene rings is 1. The average molecular weight is 280 g/mol. The number of aryl methyl sites for hydroxylation is 1. The third-order valence-electron chi connectivity index (χ3n) is 4.77. The van der Waals surface area contributed by atoms with Crippen molar-refractivity contribution in [2.75, 3.05) is 7.11 Å². The van der Waals surface area contributed by atoms with E-state index in [1.165, 1.54) is 36.8 Å². The Hall–Kier alpha value is -0.730. The molecule has 0 heterocycles. The lowest BCUT2D eigenvalue weighted by molar-refractivity contribution is 0.378. The van der Waals surface area contributed by atoms with Crippen LogP contribution in [0.25, 0.3) is 0 Å². The first-order valence-electron chi connectivity index (χ1n) is 7.33. The van der Waals surface area contributed by atoms with Crippen molar-refractivity contribution in [3.05, 3.63) is 27.8 Å². The fourth-order valence-corrected chi connectivity index (χ4v) is 4.07. The molecule has 2 aliphatic carbocycles. The Morgan fingerprint density at radius 2 is 1.84 bits per heavy atom. The first-order chi connectivity index (χ1) is 9.15. The molecule has 0 atom stereocenters. The lowest BCUT2D eigenvalue weighted by Gasteiger charge is -2.30. The zero-order valence-corrected chi connectivity index (χ0v) is 12.4. The summed E-state index contributed by atoms with van der Waals surface area (Å²) in [5.74, 6) is 0.826. The van der Waals surface area contributed by atoms with E-state index in [-0.39, 0.29) is 5.54 Å². The molecule has 3 rings (SSSR count). The highest BCUT2D eigenvalue weighted by Crippen LogP contribution is 2.46. The molecular weight excluding hydrogens is 258 g/mol. The normalized spacial score (nSPS) is 21.2. The molecule has 2 N–H and O–H groups in total. The van der Waals surface area contributed by atoms with E-state index in [4.69, 9.17) is 22.1 Å². The van der Waals surface area contributed by atoms with E-state index in [1.54, 1.807) is 7.11 Å². The molecule has 1 saturated carbocycles. The van der Waals surface area contributed by atoms with Gasteiger partial charge in [0, 0.05) is 11.1 Å². The van der Waals surface area contributed by atoms with Crippen LogP contribution in [0.2, 0.25) is 5.02 Å². The van der Waals surface area contributed by atoms with Crippen molar-refractivity contribution < 1.29 is 4.74 Å². The number of hydrogen-bond acceptors (Lipinski definition) is 2. The number of fused-ring (bicyclic) bond motifs is 1. The Balaban J connectivity index is 2.15. The van der Waals surface area contributed by atoms with Gasteiger partial charge in [0.05, 0.1) is 12.1 Å². The predicted molar refractivity (Wildman–Crippen MR) is 79.0 cm³/mol. The molecule has 19 heavy (non-hydrogen) atoms. The SMILES string of the molecule is COc1c(C2(N)CCCC2)cc2c(c1Cl)CCCC2. The number of ether oxygens (including phenoxy) is 1. The molecule has 0 aliphatic heterocycles. The van der Waals surface area contributed by atoms with E-state index >= 15 is 0 Å². The molecule has 1 aromatic carbocycles. The Bertz CT molecular complexity index is 492. The summed E-state index contributed by atoms with van der Waals surface area (Å²) in [5.41, 5.74) is 10.2. The average Bonchev–Trinajstić information content (AvgIpc) is 2.87. The molecule has 0 saturated heterocycles. The second-order valence-corrected chi connectivity index (χ2v) is 6.36. The lowest BCUT2D eigenvalue weighted by atomic mass is 9.83. The number of halogens is 1. The van der Waals surface area contributed by atoms with Crippen molar-refractivity contribution >= 4 is 11.6 Å². The molecule has 0 aromatic heterocycles. The van der Waals surface area contributed by atoms with Gasteiger partial charge in [-0.25, -0.2) is 0 Å². The van der Waals surface area contributed by atoms with Crippen molar-refractivity contribution in [3.63, 3.8) is 0 Å². The van der Waals surface area contributed by atoms with Crippen molar-refractivity contribution in [2.24, 2.45) is 5.73 Å². The fourth-order valence-electron chi connectivity index (χ4n) is 3.68. The Morgan fingerprint density at radius 1 is 1.16 bits per heavy atom. The summed E-state index contributed by atoms with van der Waals surface area (Å²) in [4.78, 5) is 0. The fraction of sp³-hybridized carbons (Fsp3) is 0.625. The summed E-state index contributed by atoms with van der Waals surface area (Å²) in [6, 6.07) is 2.28. The maximum atomic E-state index is 6.62. The molecule has 2 aliphatic rings. The van der Waals surface area contributed by atoms with Gasteiger partial charge in [0.15, 0.2) is 0 Å². The minimum absolute atomic E-state index is 0.235. The third kappa shape index (κ3) is 2.15. The Morgan fingerprint density at radius 3 is 2.53 bits per heavy atom. The van der Waals surface area contributed by atoms with E-state index in [1.807, 2.05) is 0 Å². The third-order valence-corrected chi connectivity index (χ3v) is 5.17. The number of nitrogens with two attached hydrogens (primary N) is 1. The van der Waals surface area contributed by atoms with E-state index in [9.17, 15) is 0 Å². The standard InChI is InChI=1S/C16H22ClNO/c1-19-15-13(16(18)8-4-5-9-16)10-11-6-2-3-7-12(11)14(15)17/h10H,2-9,18H2,1H3. The minimum Gasteiger partial charge on any atom is -0.495 e. The summed E-state index contributed by atoms with van der Waals surface area (Å²) in [6.45, 7) is 0. The van der Waals surface area contributed by atoms with Crippen LogP contribution in [0.15, 0.2) is 6.07 Å². The highest BCUT2D eigenvalue weighted by atomic mass is 35.5. The quantitative estimate of drug-likeness (QED) is 0.889. The topological polar surface area (TPSA) is 35.2 Å². The molecule has 2 nitrogen and oxygen atoms in total. The molecule has 0 radical (unpaired) electrons. The van der Waals surface area contributed by atoms with Crippen LogP contribution < -0.4 is 10.5 Å². The molecule has 0 unspecified atom stereocenters. The Kier molecular flexibility index (Phi) is 3.48. The van der Waals surface area contributed by atoms with Crippen LogP contribution in [0.4, 0.5) is 0 Å². The second-order valence-electron chi connectivity index (χ2n) is 5.98. The van der Waals surface area contributed by atoms with Gasteiger partial charge in [-0.2, -0.15) is 0 Å². The smallest absolute Gasteiger partial charge is 0.142 e. The number of methoxy groups -OCH3 is 1. The monoisotopic (exact) mass is 279 g/mol. The minimum atomic E-state index is -0.235. The van der Waals surface area contributed by atoms with E-state index < -0.39 is 0 Å². The van der Waals surface area contributed by atoms with Crippen LogP contribution in [0.5, 0.6) is 5.75 Å². The van der Waals surface area contributed by atoms with Gasteiger partial charge < -0.3 is 10.5 Å². The molecule has 3 heteroatoms. The predicted octanol–water partition coefficient (Wildman–Crippen LogP) is 3.96. The number of rotatable bonds is 2. The highest BCUT2D eigenvalue weighted by molar-refractivity contribution is 6.33. The van der Waals surface area contributed by atoms with Crippen LogP contribution in [-0.2, 0) is 18.4 Å². The van der Waals surface area contributed by atoms with Gasteiger partial charge in [0.25, 0.3) is 0 Å². The maximum absolute atomic E-state index is 6.62. The van der Waals surface area contributed by atoms with Gasteiger partial charge in [-0.1, -0.05) is 24.4 Å². The van der Waals surface area contributed by atoms with Crippen molar-refractivity contribution in [1.82, 2.24) is 0 Å². The zero-order chi connectivity index (χ0) is 13.5. The van der Waals surface area contributed by atoms with Crippen molar-refractivity contribution in [2.45, 2.75) is 56.9 Å². The van der Waals surface area contributed by atoms with E-state index in [0.29, 0.717) is 0 Å². The summed E-state index contributed by atoms with van der Waals surface area (Å²) in [5, 5.41) is 0.812. The van der Waals surface area contributed by atoms with Gasteiger partial charge >= 0.3 is 0 Å². The summed E-state index contributed by atoms with van der Waals surface area (Å²) in [7, 11) is 1.71. The first kappa shape index (κ1) is 13.3. The van der Waals surface area contributed by atoms with Crippen LogP contribution >= 0.6 is 11.6 Å². The summed E-state index contributed by atoms with van der Waals surface area (Å²) >= 11 is 6.59. The van der Waals surface area contributed by atoms with E-state index in [2.05, 4.69) is 6.07 Å². The van der Waals surface area contributed by atoms with Crippen LogP contribution in [0.3, 0.4) is 0 Å². The molecule has 104 valence electrons. The van der Waals surface area contributed by atoms with Crippen molar-refractivity contribution in [1.29, 1.82) is 0 Å². The highest BCUT2D eigenvalue weighted by Gasteiger charge is 2.36. The summed E-state index contributed by atoms with van der Waals surface area (Å²) in [6.07, 6.45) is 9.17. The maximum Gasteiger partial charge on any atom is 0.142 e. The van der Waals surface area contributed by atoms with Gasteiger partial charge in [-0.3, -0.25) is 0 Å². The second kappa shape index (κ2) is 4.99. The van der Waals surface area contributed by atoms with Gasteiger partial charge in [-0.05, 0) is 55.7 Å². The molecule has 0 bridgehead atoms. The van der Waals surface area contributed by atoms with Crippen molar-refractivity contribution in [3.8, 4) is 5.75 Å². The van der Waals surface area contributed by atoms with E-state index in [0.717, 1.165) is 42.0 Å². The molecule has 1 aromatic rings. The molecular formula is C16H22ClNO. The van der Waals surface area contributed by atoms with Gasteiger partial charge in [0.1, 0.15) is 5.75 Å². The van der Waals surface area contributed by atoms with Gasteiger partial charge in [-0.15, -0.1) is 0 Å². The molecule has 0 spiro atoms. The van der Waals surface area contributed by atoms with Crippen LogP contribution in [0, 0.1) is 0 Å². The molecule has 1 fully saturated rings. The summed E-state index contributed by atoms with van der Waals surface area (Å²) < 4.78 is 5.61. The lowest BCUT2D eigenvalue weighted by Crippen LogP contribution is -2.34. The van der Waals surface area contributed by atoms with Crippen LogP contribution in [0.1, 0.15) is 55.2 Å². The molecule has 0 amide bonds.